The highest BCUT2D eigenvalue weighted by Crippen LogP contribution is 2.32. The Morgan fingerprint density at radius 1 is 1.33 bits per heavy atom. The number of carbonyl (C=O) groups is 2. The van der Waals surface area contributed by atoms with Crippen LogP contribution in [-0.4, -0.2) is 49.5 Å². The summed E-state index contributed by atoms with van der Waals surface area (Å²) in [5.74, 6) is -0.249. The highest BCUT2D eigenvalue weighted by Gasteiger charge is 2.28. The number of Topliss-reactive ketones (excluding diaryl/α,β-unsaturated/α-hetero) is 1. The summed E-state index contributed by atoms with van der Waals surface area (Å²) in [6.45, 7) is 6.36. The Balaban J connectivity index is 1.92. The molecule has 8 nitrogen and oxygen atoms in total. The van der Waals surface area contributed by atoms with Gasteiger partial charge in [-0.1, -0.05) is 0 Å². The van der Waals surface area contributed by atoms with Crippen LogP contribution in [0.1, 0.15) is 43.5 Å². The van der Waals surface area contributed by atoms with Gasteiger partial charge in [0.05, 0.1) is 4.92 Å². The van der Waals surface area contributed by atoms with E-state index in [9.17, 15) is 19.7 Å². The Bertz CT molecular complexity index is 684. The second-order valence-electron chi connectivity index (χ2n) is 6.62. The molecular formula is C19H27N3O5. The first-order valence-electron chi connectivity index (χ1n) is 9.33. The zero-order valence-corrected chi connectivity index (χ0v) is 15.9. The number of carbonyl (C=O) groups excluding carboxylic acids is 2. The average Bonchev–Trinajstić information content (AvgIpc) is 2.67. The molecule has 1 amide bonds. The van der Waals surface area contributed by atoms with Crippen LogP contribution in [0.15, 0.2) is 18.2 Å². The maximum atomic E-state index is 12.3. The fraction of sp³-hybridized carbons (Fsp3) is 0.579. The number of nitrogens with zero attached hydrogens (tertiary/aromatic N) is 2. The van der Waals surface area contributed by atoms with Crippen molar-refractivity contribution in [3.05, 3.63) is 33.9 Å². The predicted molar refractivity (Wildman–Crippen MR) is 102 cm³/mol. The number of nitrogens with one attached hydrogen (secondary N) is 1. The Hall–Kier alpha value is -2.48. The summed E-state index contributed by atoms with van der Waals surface area (Å²) in [5, 5.41) is 14.3. The SMILES string of the molecule is CCOCCCNC(=O)C1CCN(c2ccc(C(C)=O)cc2[N+](=O)[O-])CC1. The quantitative estimate of drug-likeness (QED) is 0.307. The molecule has 1 aromatic carbocycles. The molecule has 0 radical (unpaired) electrons. The maximum absolute atomic E-state index is 12.3. The van der Waals surface area contributed by atoms with Crippen LogP contribution in [-0.2, 0) is 9.53 Å². The molecule has 0 aliphatic carbocycles. The first-order chi connectivity index (χ1) is 12.9. The van der Waals surface area contributed by atoms with Crippen molar-refractivity contribution in [3.8, 4) is 0 Å². The van der Waals surface area contributed by atoms with Gasteiger partial charge in [0, 0.05) is 50.4 Å². The maximum Gasteiger partial charge on any atom is 0.293 e. The number of amides is 1. The standard InChI is InChI=1S/C19H27N3O5/c1-3-27-12-4-9-20-19(24)15-7-10-21(11-8-15)17-6-5-16(14(2)23)13-18(17)22(25)26/h5-6,13,15H,3-4,7-12H2,1-2H3,(H,20,24). The molecule has 2 rings (SSSR count). The minimum absolute atomic E-state index is 0.0348. The second kappa shape index (κ2) is 10.0. The van der Waals surface area contributed by atoms with E-state index in [-0.39, 0.29) is 23.3 Å². The van der Waals surface area contributed by atoms with Crippen molar-refractivity contribution in [3.63, 3.8) is 0 Å². The molecule has 1 aliphatic rings. The highest BCUT2D eigenvalue weighted by atomic mass is 16.6. The van der Waals surface area contributed by atoms with Gasteiger partial charge in [-0.25, -0.2) is 0 Å². The van der Waals surface area contributed by atoms with Crippen molar-refractivity contribution >= 4 is 23.1 Å². The van der Waals surface area contributed by atoms with Gasteiger partial charge in [-0.05, 0) is 45.2 Å². The molecule has 148 valence electrons. The fourth-order valence-corrected chi connectivity index (χ4v) is 3.21. The molecule has 1 N–H and O–H groups in total. The summed E-state index contributed by atoms with van der Waals surface area (Å²) in [5.41, 5.74) is 0.758. The van der Waals surface area contributed by atoms with Gasteiger partial charge < -0.3 is 15.0 Å². The minimum atomic E-state index is -0.459. The number of piperidine rings is 1. The van der Waals surface area contributed by atoms with Gasteiger partial charge >= 0.3 is 0 Å². The summed E-state index contributed by atoms with van der Waals surface area (Å²) in [6, 6.07) is 4.57. The molecule has 0 atom stereocenters. The Morgan fingerprint density at radius 2 is 2.04 bits per heavy atom. The second-order valence-corrected chi connectivity index (χ2v) is 6.62. The average molecular weight is 377 g/mol. The van der Waals surface area contributed by atoms with Gasteiger partial charge in [0.2, 0.25) is 5.91 Å². The van der Waals surface area contributed by atoms with Crippen LogP contribution in [0.3, 0.4) is 0 Å². The molecule has 0 aromatic heterocycles. The number of ketones is 1. The molecule has 1 aromatic rings. The lowest BCUT2D eigenvalue weighted by atomic mass is 9.95. The lowest BCUT2D eigenvalue weighted by Gasteiger charge is -2.32. The predicted octanol–water partition coefficient (Wildman–Crippen LogP) is 2.56. The number of nitro groups is 1. The zero-order valence-electron chi connectivity index (χ0n) is 15.9. The molecule has 1 saturated heterocycles. The first-order valence-corrected chi connectivity index (χ1v) is 9.33. The molecule has 8 heteroatoms. The van der Waals surface area contributed by atoms with Crippen molar-refractivity contribution in [2.45, 2.75) is 33.1 Å². The number of benzene rings is 1. The van der Waals surface area contributed by atoms with Gasteiger partial charge in [0.1, 0.15) is 5.69 Å². The topological polar surface area (TPSA) is 102 Å². The third-order valence-electron chi connectivity index (χ3n) is 4.75. The Morgan fingerprint density at radius 3 is 2.63 bits per heavy atom. The van der Waals surface area contributed by atoms with Gasteiger partial charge in [-0.2, -0.15) is 0 Å². The first kappa shape index (κ1) is 20.8. The lowest BCUT2D eigenvalue weighted by molar-refractivity contribution is -0.384. The molecule has 0 bridgehead atoms. The van der Waals surface area contributed by atoms with Gasteiger partial charge in [0.25, 0.3) is 5.69 Å². The third-order valence-corrected chi connectivity index (χ3v) is 4.75. The van der Waals surface area contributed by atoms with E-state index in [1.807, 2.05) is 11.8 Å². The molecule has 1 heterocycles. The number of rotatable bonds is 9. The van der Waals surface area contributed by atoms with Crippen LogP contribution in [0.25, 0.3) is 0 Å². The van der Waals surface area contributed by atoms with E-state index in [1.54, 1.807) is 12.1 Å². The molecule has 1 aliphatic heterocycles. The van der Waals surface area contributed by atoms with E-state index in [0.717, 1.165) is 6.42 Å². The van der Waals surface area contributed by atoms with E-state index in [0.29, 0.717) is 56.9 Å². The molecule has 0 saturated carbocycles. The largest absolute Gasteiger partial charge is 0.382 e. The van der Waals surface area contributed by atoms with Crippen LogP contribution in [0.5, 0.6) is 0 Å². The van der Waals surface area contributed by atoms with Crippen molar-refractivity contribution in [1.29, 1.82) is 0 Å². The number of hydrogen-bond donors (Lipinski definition) is 1. The van der Waals surface area contributed by atoms with Crippen molar-refractivity contribution in [2.24, 2.45) is 5.92 Å². The third kappa shape index (κ3) is 5.75. The lowest BCUT2D eigenvalue weighted by Crippen LogP contribution is -2.41. The van der Waals surface area contributed by atoms with Crippen LogP contribution in [0, 0.1) is 16.0 Å². The number of hydrogen-bond acceptors (Lipinski definition) is 6. The summed E-state index contributed by atoms with van der Waals surface area (Å²) in [4.78, 5) is 36.6. The molecular weight excluding hydrogens is 350 g/mol. The van der Waals surface area contributed by atoms with Gasteiger partial charge in [-0.15, -0.1) is 0 Å². The van der Waals surface area contributed by atoms with Crippen molar-refractivity contribution in [1.82, 2.24) is 5.32 Å². The van der Waals surface area contributed by atoms with Crippen LogP contribution in [0.4, 0.5) is 11.4 Å². The van der Waals surface area contributed by atoms with E-state index in [4.69, 9.17) is 4.74 Å². The van der Waals surface area contributed by atoms with E-state index >= 15 is 0 Å². The number of anilines is 1. The van der Waals surface area contributed by atoms with Gasteiger partial charge in [0.15, 0.2) is 5.78 Å². The van der Waals surface area contributed by atoms with Crippen LogP contribution < -0.4 is 10.2 Å². The monoisotopic (exact) mass is 377 g/mol. The van der Waals surface area contributed by atoms with Gasteiger partial charge in [-0.3, -0.25) is 19.7 Å². The van der Waals surface area contributed by atoms with Crippen molar-refractivity contribution in [2.75, 3.05) is 37.7 Å². The zero-order chi connectivity index (χ0) is 19.8. The molecule has 27 heavy (non-hydrogen) atoms. The minimum Gasteiger partial charge on any atom is -0.382 e. The normalized spacial score (nSPS) is 14.8. The summed E-state index contributed by atoms with van der Waals surface area (Å²) in [6.07, 6.45) is 2.07. The van der Waals surface area contributed by atoms with E-state index < -0.39 is 4.92 Å². The number of nitro benzene ring substituents is 1. The molecule has 1 fully saturated rings. The smallest absolute Gasteiger partial charge is 0.293 e. The Labute approximate surface area is 159 Å². The summed E-state index contributed by atoms with van der Waals surface area (Å²) < 4.78 is 5.24. The van der Waals surface area contributed by atoms with Crippen LogP contribution in [0.2, 0.25) is 0 Å². The Kier molecular flexibility index (Phi) is 7.72. The van der Waals surface area contributed by atoms with E-state index in [1.165, 1.54) is 13.0 Å². The van der Waals surface area contributed by atoms with E-state index in [2.05, 4.69) is 5.32 Å². The number of ether oxygens (including phenoxy) is 1. The fourth-order valence-electron chi connectivity index (χ4n) is 3.21. The highest BCUT2D eigenvalue weighted by molar-refractivity contribution is 5.95. The molecule has 0 unspecified atom stereocenters. The molecule has 0 spiro atoms. The van der Waals surface area contributed by atoms with Crippen molar-refractivity contribution < 1.29 is 19.2 Å². The summed E-state index contributed by atoms with van der Waals surface area (Å²) >= 11 is 0. The summed E-state index contributed by atoms with van der Waals surface area (Å²) in [7, 11) is 0. The van der Waals surface area contributed by atoms with Crippen LogP contribution >= 0.6 is 0 Å².